The molecule has 1 amide bonds. The van der Waals surface area contributed by atoms with E-state index in [0.29, 0.717) is 18.6 Å². The average Bonchev–Trinajstić information content (AvgIpc) is 2.39. The van der Waals surface area contributed by atoms with Crippen molar-refractivity contribution in [1.82, 2.24) is 4.90 Å². The number of ether oxygens (including phenoxy) is 1. The van der Waals surface area contributed by atoms with Crippen LogP contribution < -0.4 is 0 Å². The highest BCUT2D eigenvalue weighted by Crippen LogP contribution is 2.11. The molecule has 5 heteroatoms. The van der Waals surface area contributed by atoms with E-state index in [4.69, 9.17) is 9.84 Å². The molecular formula is C14H19NO4. The highest BCUT2D eigenvalue weighted by molar-refractivity contribution is 5.96. The Bertz CT molecular complexity index is 441. The lowest BCUT2D eigenvalue weighted by molar-refractivity contribution is -0.142. The van der Waals surface area contributed by atoms with Crippen molar-refractivity contribution < 1.29 is 19.4 Å². The SMILES string of the molecule is CCC(C(=O)O)N(C)C(=O)c1ccc(COC)cc1. The molecule has 0 bridgehead atoms. The van der Waals surface area contributed by atoms with Crippen molar-refractivity contribution in [3.8, 4) is 0 Å². The van der Waals surface area contributed by atoms with Gasteiger partial charge in [0.25, 0.3) is 5.91 Å². The van der Waals surface area contributed by atoms with Gasteiger partial charge in [0.05, 0.1) is 6.61 Å². The lowest BCUT2D eigenvalue weighted by Gasteiger charge is -2.23. The summed E-state index contributed by atoms with van der Waals surface area (Å²) in [6.45, 7) is 2.22. The summed E-state index contributed by atoms with van der Waals surface area (Å²) in [6.07, 6.45) is 0.374. The zero-order valence-corrected chi connectivity index (χ0v) is 11.4. The molecule has 1 aromatic carbocycles. The van der Waals surface area contributed by atoms with Crippen LogP contribution >= 0.6 is 0 Å². The Balaban J connectivity index is 2.84. The second-order valence-corrected chi connectivity index (χ2v) is 4.31. The van der Waals surface area contributed by atoms with Gasteiger partial charge in [-0.25, -0.2) is 4.79 Å². The van der Waals surface area contributed by atoms with E-state index in [1.54, 1.807) is 38.3 Å². The van der Waals surface area contributed by atoms with Crippen LogP contribution in [0.1, 0.15) is 29.3 Å². The minimum atomic E-state index is -0.991. The fraction of sp³-hybridized carbons (Fsp3) is 0.429. The number of hydrogen-bond acceptors (Lipinski definition) is 3. The molecule has 0 saturated heterocycles. The van der Waals surface area contributed by atoms with Gasteiger partial charge in [0.2, 0.25) is 0 Å². The van der Waals surface area contributed by atoms with Crippen molar-refractivity contribution in [2.75, 3.05) is 14.2 Å². The van der Waals surface area contributed by atoms with Crippen molar-refractivity contribution in [2.24, 2.45) is 0 Å². The largest absolute Gasteiger partial charge is 0.480 e. The molecule has 1 aromatic rings. The molecule has 5 nitrogen and oxygen atoms in total. The Morgan fingerprint density at radius 1 is 1.32 bits per heavy atom. The van der Waals surface area contributed by atoms with Gasteiger partial charge < -0.3 is 14.7 Å². The van der Waals surface area contributed by atoms with Crippen molar-refractivity contribution in [3.63, 3.8) is 0 Å². The van der Waals surface area contributed by atoms with Crippen LogP contribution in [0.3, 0.4) is 0 Å². The summed E-state index contributed by atoms with van der Waals surface area (Å²) in [5.41, 5.74) is 1.44. The first kappa shape index (κ1) is 15.2. The number of carboxylic acid groups (broad SMARTS) is 1. The summed E-state index contributed by atoms with van der Waals surface area (Å²) in [6, 6.07) is 6.16. The average molecular weight is 265 g/mol. The minimum Gasteiger partial charge on any atom is -0.480 e. The van der Waals surface area contributed by atoms with Crippen LogP contribution in [-0.4, -0.2) is 42.1 Å². The molecule has 1 rings (SSSR count). The summed E-state index contributed by atoms with van der Waals surface area (Å²) < 4.78 is 4.99. The normalized spacial score (nSPS) is 11.9. The van der Waals surface area contributed by atoms with Crippen LogP contribution in [0.4, 0.5) is 0 Å². The molecule has 0 heterocycles. The van der Waals surface area contributed by atoms with Crippen LogP contribution in [0.15, 0.2) is 24.3 Å². The van der Waals surface area contributed by atoms with Crippen molar-refractivity contribution in [2.45, 2.75) is 26.0 Å². The lowest BCUT2D eigenvalue weighted by atomic mass is 10.1. The fourth-order valence-corrected chi connectivity index (χ4v) is 1.87. The van der Waals surface area contributed by atoms with Crippen molar-refractivity contribution in [3.05, 3.63) is 35.4 Å². The number of methoxy groups -OCH3 is 1. The third-order valence-corrected chi connectivity index (χ3v) is 2.97. The number of carbonyl (C=O) groups is 2. The van der Waals surface area contributed by atoms with Crippen LogP contribution in [0.2, 0.25) is 0 Å². The zero-order chi connectivity index (χ0) is 14.4. The van der Waals surface area contributed by atoms with E-state index in [1.165, 1.54) is 11.9 Å². The number of aliphatic carboxylic acids is 1. The third kappa shape index (κ3) is 3.79. The monoisotopic (exact) mass is 265 g/mol. The summed E-state index contributed by atoms with van der Waals surface area (Å²) in [5.74, 6) is -1.28. The van der Waals surface area contributed by atoms with Crippen LogP contribution in [0, 0.1) is 0 Å². The maximum Gasteiger partial charge on any atom is 0.326 e. The molecule has 1 N–H and O–H groups in total. The minimum absolute atomic E-state index is 0.293. The summed E-state index contributed by atoms with van der Waals surface area (Å²) in [7, 11) is 3.11. The number of rotatable bonds is 6. The Morgan fingerprint density at radius 2 is 1.89 bits per heavy atom. The Hall–Kier alpha value is -1.88. The summed E-state index contributed by atoms with van der Waals surface area (Å²) in [4.78, 5) is 24.4. The smallest absolute Gasteiger partial charge is 0.326 e. The molecule has 0 spiro atoms. The van der Waals surface area contributed by atoms with Crippen LogP contribution in [0.5, 0.6) is 0 Å². The molecule has 19 heavy (non-hydrogen) atoms. The molecule has 104 valence electrons. The van der Waals surface area contributed by atoms with Gasteiger partial charge in [0.15, 0.2) is 0 Å². The Labute approximate surface area is 112 Å². The second kappa shape index (κ2) is 6.89. The predicted molar refractivity (Wildman–Crippen MR) is 71.0 cm³/mol. The van der Waals surface area contributed by atoms with Gasteiger partial charge in [-0.2, -0.15) is 0 Å². The van der Waals surface area contributed by atoms with E-state index in [1.807, 2.05) is 0 Å². The first-order valence-corrected chi connectivity index (χ1v) is 6.09. The molecule has 0 aliphatic carbocycles. The maximum atomic E-state index is 12.1. The molecule has 0 aliphatic heterocycles. The molecule has 0 aromatic heterocycles. The quantitative estimate of drug-likeness (QED) is 0.851. The first-order chi connectivity index (χ1) is 9.01. The molecule has 0 radical (unpaired) electrons. The molecular weight excluding hydrogens is 246 g/mol. The molecule has 1 unspecified atom stereocenters. The number of carboxylic acids is 1. The number of likely N-dealkylation sites (N-methyl/N-ethyl adjacent to an activating group) is 1. The van der Waals surface area contributed by atoms with Crippen LogP contribution in [-0.2, 0) is 16.1 Å². The number of benzene rings is 1. The molecule has 0 fully saturated rings. The Morgan fingerprint density at radius 3 is 2.32 bits per heavy atom. The van der Waals surface area contributed by atoms with Crippen LogP contribution in [0.25, 0.3) is 0 Å². The fourth-order valence-electron chi connectivity index (χ4n) is 1.87. The maximum absolute atomic E-state index is 12.1. The van der Waals surface area contributed by atoms with E-state index in [0.717, 1.165) is 5.56 Å². The van der Waals surface area contributed by atoms with Crippen molar-refractivity contribution >= 4 is 11.9 Å². The van der Waals surface area contributed by atoms with Gasteiger partial charge in [0.1, 0.15) is 6.04 Å². The molecule has 1 atom stereocenters. The molecule has 0 aliphatic rings. The van der Waals surface area contributed by atoms with Gasteiger partial charge >= 0.3 is 5.97 Å². The number of hydrogen-bond donors (Lipinski definition) is 1. The third-order valence-electron chi connectivity index (χ3n) is 2.97. The predicted octanol–water partition coefficient (Wildman–Crippen LogP) is 1.77. The van der Waals surface area contributed by atoms with Gasteiger partial charge in [-0.1, -0.05) is 19.1 Å². The topological polar surface area (TPSA) is 66.8 Å². The summed E-state index contributed by atoms with van der Waals surface area (Å²) >= 11 is 0. The van der Waals surface area contributed by atoms with E-state index in [9.17, 15) is 9.59 Å². The van der Waals surface area contributed by atoms with Gasteiger partial charge in [0, 0.05) is 19.7 Å². The number of carbonyl (C=O) groups excluding carboxylic acids is 1. The second-order valence-electron chi connectivity index (χ2n) is 4.31. The van der Waals surface area contributed by atoms with Gasteiger partial charge in [-0.3, -0.25) is 4.79 Å². The van der Waals surface area contributed by atoms with Gasteiger partial charge in [-0.05, 0) is 24.1 Å². The van der Waals surface area contributed by atoms with Gasteiger partial charge in [-0.15, -0.1) is 0 Å². The highest BCUT2D eigenvalue weighted by Gasteiger charge is 2.25. The Kier molecular flexibility index (Phi) is 5.51. The number of amides is 1. The highest BCUT2D eigenvalue weighted by atomic mass is 16.5. The first-order valence-electron chi connectivity index (χ1n) is 6.09. The standard InChI is InChI=1S/C14H19NO4/c1-4-12(14(17)18)15(2)13(16)11-7-5-10(6-8-11)9-19-3/h5-8,12H,4,9H2,1-3H3,(H,17,18). The van der Waals surface area contributed by atoms with E-state index in [2.05, 4.69) is 0 Å². The zero-order valence-electron chi connectivity index (χ0n) is 11.4. The van der Waals surface area contributed by atoms with Crippen molar-refractivity contribution in [1.29, 1.82) is 0 Å². The van der Waals surface area contributed by atoms with E-state index >= 15 is 0 Å². The van der Waals surface area contributed by atoms with E-state index < -0.39 is 12.0 Å². The van der Waals surface area contributed by atoms with E-state index in [-0.39, 0.29) is 5.91 Å². The lowest BCUT2D eigenvalue weighted by Crippen LogP contribution is -2.41. The molecule has 0 saturated carbocycles. The summed E-state index contributed by atoms with van der Waals surface area (Å²) in [5, 5.41) is 9.04. The number of nitrogens with zero attached hydrogens (tertiary/aromatic N) is 1.